The van der Waals surface area contributed by atoms with E-state index >= 15 is 0 Å². The third kappa shape index (κ3) is 5.34. The molecule has 0 aliphatic heterocycles. The molecule has 1 aromatic carbocycles. The second-order valence-corrected chi connectivity index (χ2v) is 5.51. The van der Waals surface area contributed by atoms with Crippen LogP contribution >= 0.6 is 15.9 Å². The number of hydrogen-bond acceptors (Lipinski definition) is 3. The van der Waals surface area contributed by atoms with Crippen LogP contribution in [-0.4, -0.2) is 22.1 Å². The van der Waals surface area contributed by atoms with E-state index < -0.39 is 0 Å². The molecule has 0 saturated heterocycles. The number of aromatic nitrogens is 2. The predicted molar refractivity (Wildman–Crippen MR) is 87.5 cm³/mol. The van der Waals surface area contributed by atoms with E-state index in [0.717, 1.165) is 21.6 Å². The van der Waals surface area contributed by atoms with Crippen molar-refractivity contribution in [2.45, 2.75) is 27.7 Å². The molecule has 0 bridgehead atoms. The summed E-state index contributed by atoms with van der Waals surface area (Å²) in [6.07, 6.45) is 1.96. The average Bonchev–Trinajstić information content (AvgIpc) is 2.67. The standard InChI is InChI=1S/C11H14O2.C5H7BrN2/c1-4-13-11(12)10-6-5-8(2)7-9(10)3;1-4-3-8(2)5(6)7-4/h5-7H,4H2,1-3H3;3H,1-2H3. The molecule has 0 saturated carbocycles. The summed E-state index contributed by atoms with van der Waals surface area (Å²) < 4.78 is 7.72. The van der Waals surface area contributed by atoms with Gasteiger partial charge in [-0.05, 0) is 55.3 Å². The van der Waals surface area contributed by atoms with Crippen LogP contribution in [0.15, 0.2) is 29.1 Å². The van der Waals surface area contributed by atoms with Crippen LogP contribution in [0.1, 0.15) is 34.1 Å². The van der Waals surface area contributed by atoms with Crippen LogP contribution in [0.2, 0.25) is 0 Å². The lowest BCUT2D eigenvalue weighted by Gasteiger charge is -2.05. The van der Waals surface area contributed by atoms with Gasteiger partial charge in [0.25, 0.3) is 0 Å². The Morgan fingerprint density at radius 1 is 1.33 bits per heavy atom. The van der Waals surface area contributed by atoms with E-state index in [2.05, 4.69) is 20.9 Å². The predicted octanol–water partition coefficient (Wildman–Crippen LogP) is 3.97. The summed E-state index contributed by atoms with van der Waals surface area (Å²) in [6, 6.07) is 5.70. The first-order chi connectivity index (χ1) is 9.85. The molecule has 0 aliphatic rings. The maximum absolute atomic E-state index is 11.4. The Morgan fingerprint density at radius 2 is 2.00 bits per heavy atom. The first-order valence-corrected chi connectivity index (χ1v) is 7.54. The van der Waals surface area contributed by atoms with Gasteiger partial charge in [0.2, 0.25) is 0 Å². The summed E-state index contributed by atoms with van der Waals surface area (Å²) in [7, 11) is 1.95. The van der Waals surface area contributed by atoms with Gasteiger partial charge in [0.15, 0.2) is 4.73 Å². The zero-order valence-electron chi connectivity index (χ0n) is 13.1. The molecular formula is C16H21BrN2O2. The van der Waals surface area contributed by atoms with E-state index in [1.807, 2.05) is 56.8 Å². The lowest BCUT2D eigenvalue weighted by Crippen LogP contribution is -2.06. The number of esters is 1. The highest BCUT2D eigenvalue weighted by molar-refractivity contribution is 9.10. The Kier molecular flexibility index (Phi) is 6.62. The minimum atomic E-state index is -0.236. The van der Waals surface area contributed by atoms with Crippen molar-refractivity contribution >= 4 is 21.9 Å². The van der Waals surface area contributed by atoms with Gasteiger partial charge in [-0.3, -0.25) is 0 Å². The van der Waals surface area contributed by atoms with Crippen molar-refractivity contribution in [3.05, 3.63) is 51.5 Å². The molecule has 5 heteroatoms. The maximum atomic E-state index is 11.4. The maximum Gasteiger partial charge on any atom is 0.338 e. The molecule has 0 atom stereocenters. The molecule has 114 valence electrons. The normalized spacial score (nSPS) is 9.81. The number of ether oxygens (including phenoxy) is 1. The largest absolute Gasteiger partial charge is 0.462 e. The molecule has 1 aromatic heterocycles. The van der Waals surface area contributed by atoms with Gasteiger partial charge >= 0.3 is 5.97 Å². The summed E-state index contributed by atoms with van der Waals surface area (Å²) in [6.45, 7) is 8.11. The van der Waals surface area contributed by atoms with Crippen molar-refractivity contribution in [2.75, 3.05) is 6.61 Å². The fourth-order valence-corrected chi connectivity index (χ4v) is 2.22. The number of hydrogen-bond donors (Lipinski definition) is 0. The van der Waals surface area contributed by atoms with Crippen molar-refractivity contribution in [3.8, 4) is 0 Å². The van der Waals surface area contributed by atoms with Crippen LogP contribution in [-0.2, 0) is 11.8 Å². The van der Waals surface area contributed by atoms with Crippen molar-refractivity contribution < 1.29 is 9.53 Å². The molecule has 0 N–H and O–H groups in total. The van der Waals surface area contributed by atoms with E-state index in [0.29, 0.717) is 12.2 Å². The quantitative estimate of drug-likeness (QED) is 0.768. The summed E-state index contributed by atoms with van der Waals surface area (Å²) in [5, 5.41) is 0. The Balaban J connectivity index is 0.000000235. The summed E-state index contributed by atoms with van der Waals surface area (Å²) >= 11 is 3.27. The van der Waals surface area contributed by atoms with Crippen LogP contribution in [0.25, 0.3) is 0 Å². The number of carbonyl (C=O) groups excluding carboxylic acids is 1. The van der Waals surface area contributed by atoms with Crippen LogP contribution < -0.4 is 0 Å². The number of aryl methyl sites for hydroxylation is 4. The minimum absolute atomic E-state index is 0.236. The van der Waals surface area contributed by atoms with Gasteiger partial charge < -0.3 is 9.30 Å². The molecule has 0 aliphatic carbocycles. The van der Waals surface area contributed by atoms with Crippen molar-refractivity contribution in [2.24, 2.45) is 7.05 Å². The number of rotatable bonds is 2. The monoisotopic (exact) mass is 352 g/mol. The SMILES string of the molecule is CCOC(=O)c1ccc(C)cc1C.Cc1cn(C)c(Br)n1. The molecule has 1 heterocycles. The zero-order valence-corrected chi connectivity index (χ0v) is 14.7. The summed E-state index contributed by atoms with van der Waals surface area (Å²) in [5.74, 6) is -0.236. The van der Waals surface area contributed by atoms with Crippen LogP contribution in [0, 0.1) is 20.8 Å². The molecule has 0 radical (unpaired) electrons. The highest BCUT2D eigenvalue weighted by Gasteiger charge is 2.08. The third-order valence-corrected chi connectivity index (χ3v) is 3.55. The number of carbonyl (C=O) groups is 1. The molecular weight excluding hydrogens is 332 g/mol. The second-order valence-electron chi connectivity index (χ2n) is 4.80. The Bertz CT molecular complexity index is 601. The Hall–Kier alpha value is -1.62. The number of halogens is 1. The molecule has 2 aromatic rings. The van der Waals surface area contributed by atoms with Gasteiger partial charge in [-0.1, -0.05) is 17.7 Å². The smallest absolute Gasteiger partial charge is 0.338 e. The zero-order chi connectivity index (χ0) is 16.0. The molecule has 0 spiro atoms. The van der Waals surface area contributed by atoms with E-state index in [9.17, 15) is 4.79 Å². The summed E-state index contributed by atoms with van der Waals surface area (Å²) in [5.41, 5.74) is 3.83. The molecule has 0 unspecified atom stereocenters. The molecule has 0 amide bonds. The van der Waals surface area contributed by atoms with Crippen LogP contribution in [0.3, 0.4) is 0 Å². The van der Waals surface area contributed by atoms with Gasteiger partial charge in [-0.25, -0.2) is 9.78 Å². The van der Waals surface area contributed by atoms with Crippen LogP contribution in [0.4, 0.5) is 0 Å². The van der Waals surface area contributed by atoms with Crippen molar-refractivity contribution in [3.63, 3.8) is 0 Å². The lowest BCUT2D eigenvalue weighted by atomic mass is 10.1. The highest BCUT2D eigenvalue weighted by atomic mass is 79.9. The average molecular weight is 353 g/mol. The molecule has 4 nitrogen and oxygen atoms in total. The van der Waals surface area contributed by atoms with Crippen molar-refractivity contribution in [1.29, 1.82) is 0 Å². The van der Waals surface area contributed by atoms with E-state index in [1.54, 1.807) is 6.92 Å². The Morgan fingerprint density at radius 3 is 2.38 bits per heavy atom. The van der Waals surface area contributed by atoms with Gasteiger partial charge in [0, 0.05) is 13.2 Å². The summed E-state index contributed by atoms with van der Waals surface area (Å²) in [4.78, 5) is 15.4. The van der Waals surface area contributed by atoms with Crippen molar-refractivity contribution in [1.82, 2.24) is 9.55 Å². The highest BCUT2D eigenvalue weighted by Crippen LogP contribution is 2.11. The van der Waals surface area contributed by atoms with Gasteiger partial charge in [0.1, 0.15) is 0 Å². The van der Waals surface area contributed by atoms with Gasteiger partial charge in [-0.15, -0.1) is 0 Å². The first-order valence-electron chi connectivity index (χ1n) is 6.75. The lowest BCUT2D eigenvalue weighted by molar-refractivity contribution is 0.0525. The first kappa shape index (κ1) is 17.4. The fraction of sp³-hybridized carbons (Fsp3) is 0.375. The van der Waals surface area contributed by atoms with E-state index in [4.69, 9.17) is 4.74 Å². The molecule has 0 fully saturated rings. The van der Waals surface area contributed by atoms with Crippen LogP contribution in [0.5, 0.6) is 0 Å². The minimum Gasteiger partial charge on any atom is -0.462 e. The number of benzene rings is 1. The number of nitrogens with zero attached hydrogens (tertiary/aromatic N) is 2. The Labute approximate surface area is 134 Å². The fourth-order valence-electron chi connectivity index (χ4n) is 1.84. The van der Waals surface area contributed by atoms with E-state index in [1.165, 1.54) is 0 Å². The topological polar surface area (TPSA) is 44.1 Å². The molecule has 2 rings (SSSR count). The third-order valence-electron chi connectivity index (χ3n) is 2.82. The second kappa shape index (κ2) is 7.98. The number of imidazole rings is 1. The van der Waals surface area contributed by atoms with E-state index in [-0.39, 0.29) is 5.97 Å². The van der Waals surface area contributed by atoms with Gasteiger partial charge in [0.05, 0.1) is 17.9 Å². The molecule has 21 heavy (non-hydrogen) atoms. The van der Waals surface area contributed by atoms with Gasteiger partial charge in [-0.2, -0.15) is 0 Å².